The molecule has 0 heterocycles. The van der Waals surface area contributed by atoms with Gasteiger partial charge in [0.15, 0.2) is 0 Å². The molecular formula is C14H20N2O2. The molecule has 2 rings (SSSR count). The quantitative estimate of drug-likeness (QED) is 0.840. The molecule has 0 bridgehead atoms. The third-order valence-electron chi connectivity index (χ3n) is 3.24. The van der Waals surface area contributed by atoms with E-state index < -0.39 is 5.54 Å². The van der Waals surface area contributed by atoms with Crippen LogP contribution in [0.1, 0.15) is 33.1 Å². The predicted molar refractivity (Wildman–Crippen MR) is 71.6 cm³/mol. The first-order valence-corrected chi connectivity index (χ1v) is 6.40. The van der Waals surface area contributed by atoms with Gasteiger partial charge in [-0.3, -0.25) is 4.79 Å². The summed E-state index contributed by atoms with van der Waals surface area (Å²) in [6.07, 6.45) is 2.65. The Morgan fingerprint density at radius 3 is 2.89 bits per heavy atom. The molecule has 1 fully saturated rings. The summed E-state index contributed by atoms with van der Waals surface area (Å²) in [6.45, 7) is 4.09. The fourth-order valence-corrected chi connectivity index (χ4v) is 1.58. The molecule has 1 atom stereocenters. The van der Waals surface area contributed by atoms with E-state index in [0.717, 1.165) is 30.7 Å². The summed E-state index contributed by atoms with van der Waals surface area (Å²) in [5.41, 5.74) is 5.92. The first kappa shape index (κ1) is 12.9. The Labute approximate surface area is 108 Å². The van der Waals surface area contributed by atoms with Crippen LogP contribution in [0.2, 0.25) is 0 Å². The average Bonchev–Trinajstić information content (AvgIpc) is 3.09. The van der Waals surface area contributed by atoms with Crippen molar-refractivity contribution in [2.24, 2.45) is 5.73 Å². The molecule has 1 unspecified atom stereocenters. The van der Waals surface area contributed by atoms with E-state index in [4.69, 9.17) is 10.5 Å². The normalized spacial score (nSPS) is 17.9. The van der Waals surface area contributed by atoms with Crippen molar-refractivity contribution in [2.75, 3.05) is 5.32 Å². The highest BCUT2D eigenvalue weighted by atomic mass is 16.5. The van der Waals surface area contributed by atoms with Gasteiger partial charge in [-0.2, -0.15) is 0 Å². The number of carbonyl (C=O) groups is 1. The van der Waals surface area contributed by atoms with E-state index in [9.17, 15) is 4.79 Å². The maximum Gasteiger partial charge on any atom is 0.244 e. The third kappa shape index (κ3) is 3.01. The van der Waals surface area contributed by atoms with Crippen LogP contribution in [-0.2, 0) is 4.79 Å². The minimum Gasteiger partial charge on any atom is -0.491 e. The minimum absolute atomic E-state index is 0.108. The van der Waals surface area contributed by atoms with E-state index in [0.29, 0.717) is 0 Å². The van der Waals surface area contributed by atoms with Crippen molar-refractivity contribution in [1.29, 1.82) is 0 Å². The zero-order valence-corrected chi connectivity index (χ0v) is 10.9. The van der Waals surface area contributed by atoms with Crippen molar-refractivity contribution in [3.63, 3.8) is 0 Å². The summed E-state index contributed by atoms with van der Waals surface area (Å²) in [4.78, 5) is 11.8. The molecule has 4 nitrogen and oxygen atoms in total. The Hall–Kier alpha value is -1.55. The standard InChI is InChI=1S/C14H20N2O2/c1-3-10(2)18-12-6-4-5-11(9-12)16-13(17)14(15)7-8-14/h4-6,9-10H,3,7-8,15H2,1-2H3,(H,16,17). The molecule has 1 amide bonds. The van der Waals surface area contributed by atoms with E-state index in [1.54, 1.807) is 0 Å². The molecule has 1 saturated carbocycles. The highest BCUT2D eigenvalue weighted by molar-refractivity contribution is 6.00. The lowest BCUT2D eigenvalue weighted by molar-refractivity contribution is -0.118. The molecule has 0 saturated heterocycles. The smallest absolute Gasteiger partial charge is 0.244 e. The van der Waals surface area contributed by atoms with Crippen LogP contribution in [0.5, 0.6) is 5.75 Å². The lowest BCUT2D eigenvalue weighted by Gasteiger charge is -2.14. The minimum atomic E-state index is -0.645. The lowest BCUT2D eigenvalue weighted by atomic mass is 10.2. The number of nitrogens with two attached hydrogens (primary N) is 1. The summed E-state index contributed by atoms with van der Waals surface area (Å²) in [5.74, 6) is 0.659. The number of hydrogen-bond acceptors (Lipinski definition) is 3. The Kier molecular flexibility index (Phi) is 3.57. The first-order chi connectivity index (χ1) is 8.53. The van der Waals surface area contributed by atoms with Crippen LogP contribution in [0.4, 0.5) is 5.69 Å². The maximum atomic E-state index is 11.8. The lowest BCUT2D eigenvalue weighted by Crippen LogP contribution is -2.37. The second-order valence-electron chi connectivity index (χ2n) is 4.97. The van der Waals surface area contributed by atoms with Crippen LogP contribution >= 0.6 is 0 Å². The number of benzene rings is 1. The Bertz CT molecular complexity index is 441. The predicted octanol–water partition coefficient (Wildman–Crippen LogP) is 2.29. The van der Waals surface area contributed by atoms with Crippen LogP contribution in [0, 0.1) is 0 Å². The Morgan fingerprint density at radius 1 is 1.56 bits per heavy atom. The van der Waals surface area contributed by atoms with Crippen molar-refractivity contribution in [3.8, 4) is 5.75 Å². The molecule has 0 spiro atoms. The second kappa shape index (κ2) is 4.98. The number of amides is 1. The van der Waals surface area contributed by atoms with Gasteiger partial charge >= 0.3 is 0 Å². The summed E-state index contributed by atoms with van der Waals surface area (Å²) < 4.78 is 5.70. The van der Waals surface area contributed by atoms with Gasteiger partial charge in [-0.15, -0.1) is 0 Å². The van der Waals surface area contributed by atoms with Gasteiger partial charge in [0.1, 0.15) is 5.75 Å². The molecule has 98 valence electrons. The van der Waals surface area contributed by atoms with E-state index in [1.165, 1.54) is 0 Å². The molecule has 0 aromatic heterocycles. The zero-order valence-electron chi connectivity index (χ0n) is 10.9. The van der Waals surface area contributed by atoms with Gasteiger partial charge in [-0.25, -0.2) is 0 Å². The summed E-state index contributed by atoms with van der Waals surface area (Å²) in [5, 5.41) is 2.83. The van der Waals surface area contributed by atoms with Crippen molar-refractivity contribution in [1.82, 2.24) is 0 Å². The maximum absolute atomic E-state index is 11.8. The Balaban J connectivity index is 2.00. The SMILES string of the molecule is CCC(C)Oc1cccc(NC(=O)C2(N)CC2)c1. The molecule has 1 aliphatic rings. The molecule has 1 aliphatic carbocycles. The van der Waals surface area contributed by atoms with E-state index >= 15 is 0 Å². The number of rotatable bonds is 5. The second-order valence-corrected chi connectivity index (χ2v) is 4.97. The van der Waals surface area contributed by atoms with Crippen molar-refractivity contribution >= 4 is 11.6 Å². The highest BCUT2D eigenvalue weighted by Crippen LogP contribution is 2.33. The molecule has 1 aromatic carbocycles. The first-order valence-electron chi connectivity index (χ1n) is 6.40. The number of hydrogen-bond donors (Lipinski definition) is 2. The fraction of sp³-hybridized carbons (Fsp3) is 0.500. The summed E-state index contributed by atoms with van der Waals surface area (Å²) >= 11 is 0. The monoisotopic (exact) mass is 248 g/mol. The van der Waals surface area contributed by atoms with Crippen molar-refractivity contribution in [3.05, 3.63) is 24.3 Å². The van der Waals surface area contributed by atoms with Crippen LogP contribution in [-0.4, -0.2) is 17.6 Å². The van der Waals surface area contributed by atoms with Gasteiger partial charge in [0, 0.05) is 11.8 Å². The average molecular weight is 248 g/mol. The molecule has 18 heavy (non-hydrogen) atoms. The van der Waals surface area contributed by atoms with E-state index in [2.05, 4.69) is 12.2 Å². The van der Waals surface area contributed by atoms with Gasteiger partial charge < -0.3 is 15.8 Å². The topological polar surface area (TPSA) is 64.3 Å². The molecule has 3 N–H and O–H groups in total. The fourth-order valence-electron chi connectivity index (χ4n) is 1.58. The van der Waals surface area contributed by atoms with Crippen LogP contribution < -0.4 is 15.8 Å². The number of ether oxygens (including phenoxy) is 1. The Morgan fingerprint density at radius 2 is 2.28 bits per heavy atom. The zero-order chi connectivity index (χ0) is 13.2. The third-order valence-corrected chi connectivity index (χ3v) is 3.24. The highest BCUT2D eigenvalue weighted by Gasteiger charge is 2.45. The molecule has 1 aromatic rings. The van der Waals surface area contributed by atoms with Crippen LogP contribution in [0.3, 0.4) is 0 Å². The van der Waals surface area contributed by atoms with Gasteiger partial charge in [-0.1, -0.05) is 13.0 Å². The molecule has 0 radical (unpaired) electrons. The summed E-state index contributed by atoms with van der Waals surface area (Å²) in [7, 11) is 0. The molecule has 0 aliphatic heterocycles. The van der Waals surface area contributed by atoms with Crippen LogP contribution in [0.15, 0.2) is 24.3 Å². The van der Waals surface area contributed by atoms with Crippen LogP contribution in [0.25, 0.3) is 0 Å². The number of carbonyl (C=O) groups excluding carboxylic acids is 1. The van der Waals surface area contributed by atoms with Crippen molar-refractivity contribution in [2.45, 2.75) is 44.8 Å². The van der Waals surface area contributed by atoms with E-state index in [-0.39, 0.29) is 12.0 Å². The van der Waals surface area contributed by atoms with Crippen molar-refractivity contribution < 1.29 is 9.53 Å². The van der Waals surface area contributed by atoms with Gasteiger partial charge in [0.2, 0.25) is 5.91 Å². The van der Waals surface area contributed by atoms with Gasteiger partial charge in [-0.05, 0) is 38.3 Å². The largest absolute Gasteiger partial charge is 0.491 e. The summed E-state index contributed by atoms with van der Waals surface area (Å²) in [6, 6.07) is 7.42. The molecular weight excluding hydrogens is 228 g/mol. The molecule has 4 heteroatoms. The van der Waals surface area contributed by atoms with Gasteiger partial charge in [0.05, 0.1) is 11.6 Å². The van der Waals surface area contributed by atoms with Gasteiger partial charge in [0.25, 0.3) is 0 Å². The van der Waals surface area contributed by atoms with E-state index in [1.807, 2.05) is 31.2 Å². The number of anilines is 1. The number of nitrogens with one attached hydrogen (secondary N) is 1.